The molecular weight excluding hydrogens is 394 g/mol. The molecule has 7 nitrogen and oxygen atoms in total. The van der Waals surface area contributed by atoms with E-state index >= 15 is 0 Å². The Bertz CT molecular complexity index is 929. The summed E-state index contributed by atoms with van der Waals surface area (Å²) in [7, 11) is 0. The summed E-state index contributed by atoms with van der Waals surface area (Å²) in [5.41, 5.74) is 1.17. The van der Waals surface area contributed by atoms with Crippen molar-refractivity contribution in [1.82, 2.24) is 5.32 Å². The molecule has 0 saturated carbocycles. The predicted octanol–water partition coefficient (Wildman–Crippen LogP) is 2.96. The van der Waals surface area contributed by atoms with Crippen LogP contribution in [0.1, 0.15) is 29.8 Å². The molecule has 8 heteroatoms. The number of esters is 1. The van der Waals surface area contributed by atoms with Gasteiger partial charge in [-0.15, -0.1) is 11.8 Å². The predicted molar refractivity (Wildman–Crippen MR) is 107 cm³/mol. The second-order valence-corrected chi connectivity index (χ2v) is 7.46. The Labute approximate surface area is 172 Å². The Kier molecular flexibility index (Phi) is 6.77. The van der Waals surface area contributed by atoms with Crippen LogP contribution in [0.5, 0.6) is 11.5 Å². The van der Waals surface area contributed by atoms with Crippen LogP contribution in [0.25, 0.3) is 0 Å². The van der Waals surface area contributed by atoms with Gasteiger partial charge in [-0.1, -0.05) is 18.2 Å². The van der Waals surface area contributed by atoms with Gasteiger partial charge in [0.25, 0.3) is 5.91 Å². The minimum atomic E-state index is -0.970. The van der Waals surface area contributed by atoms with Gasteiger partial charge in [-0.05, 0) is 43.7 Å². The minimum absolute atomic E-state index is 0.00873. The van der Waals surface area contributed by atoms with Crippen LogP contribution in [0.4, 0.5) is 0 Å². The first-order valence-electron chi connectivity index (χ1n) is 9.02. The molecule has 1 aliphatic heterocycles. The lowest BCUT2D eigenvalue weighted by Gasteiger charge is -2.15. The zero-order valence-corrected chi connectivity index (χ0v) is 16.9. The molecule has 29 heavy (non-hydrogen) atoms. The zero-order valence-electron chi connectivity index (χ0n) is 16.1. The molecule has 1 aliphatic rings. The van der Waals surface area contributed by atoms with Crippen LogP contribution in [0.15, 0.2) is 47.4 Å². The van der Waals surface area contributed by atoms with E-state index in [1.807, 2.05) is 6.07 Å². The maximum absolute atomic E-state index is 12.5. The van der Waals surface area contributed by atoms with Crippen LogP contribution in [-0.2, 0) is 20.9 Å². The fourth-order valence-electron chi connectivity index (χ4n) is 2.60. The van der Waals surface area contributed by atoms with E-state index < -0.39 is 18.0 Å². The average molecular weight is 415 g/mol. The Morgan fingerprint density at radius 1 is 1.14 bits per heavy atom. The van der Waals surface area contributed by atoms with E-state index in [4.69, 9.17) is 14.2 Å². The molecule has 1 amide bonds. The van der Waals surface area contributed by atoms with E-state index in [9.17, 15) is 14.4 Å². The summed E-state index contributed by atoms with van der Waals surface area (Å²) in [6.07, 6.45) is -0.970. The number of ketones is 1. The average Bonchev–Trinajstić information content (AvgIpc) is 3.18. The van der Waals surface area contributed by atoms with Crippen LogP contribution in [0, 0.1) is 0 Å². The number of hydrogen-bond acceptors (Lipinski definition) is 7. The highest BCUT2D eigenvalue weighted by Gasteiger charge is 2.21. The highest BCUT2D eigenvalue weighted by Crippen LogP contribution is 2.32. The summed E-state index contributed by atoms with van der Waals surface area (Å²) in [4.78, 5) is 36.7. The van der Waals surface area contributed by atoms with Crippen molar-refractivity contribution in [1.29, 1.82) is 0 Å². The lowest BCUT2D eigenvalue weighted by Crippen LogP contribution is -2.35. The molecule has 0 bridgehead atoms. The second-order valence-electron chi connectivity index (χ2n) is 6.44. The molecule has 0 aliphatic carbocycles. The number of carbonyl (C=O) groups is 3. The van der Waals surface area contributed by atoms with Gasteiger partial charge in [0.15, 0.2) is 17.6 Å². The fourth-order valence-corrected chi connectivity index (χ4v) is 3.44. The molecule has 1 N–H and O–H groups in total. The van der Waals surface area contributed by atoms with Crippen molar-refractivity contribution in [3.05, 3.63) is 53.6 Å². The van der Waals surface area contributed by atoms with E-state index in [2.05, 4.69) is 5.32 Å². The third-order valence-electron chi connectivity index (χ3n) is 4.09. The van der Waals surface area contributed by atoms with Crippen LogP contribution < -0.4 is 14.8 Å². The van der Waals surface area contributed by atoms with Crippen LogP contribution in [0.2, 0.25) is 0 Å². The maximum Gasteiger partial charge on any atom is 0.340 e. The van der Waals surface area contributed by atoms with Crippen LogP contribution in [-0.4, -0.2) is 36.3 Å². The van der Waals surface area contributed by atoms with Crippen molar-refractivity contribution in [2.45, 2.75) is 31.4 Å². The van der Waals surface area contributed by atoms with Gasteiger partial charge in [-0.25, -0.2) is 4.79 Å². The van der Waals surface area contributed by atoms with Gasteiger partial charge in [0.05, 0.1) is 11.3 Å². The van der Waals surface area contributed by atoms with Gasteiger partial charge in [-0.3, -0.25) is 9.59 Å². The smallest absolute Gasteiger partial charge is 0.340 e. The van der Waals surface area contributed by atoms with Gasteiger partial charge in [0, 0.05) is 11.4 Å². The molecule has 0 aromatic heterocycles. The second kappa shape index (κ2) is 9.47. The lowest BCUT2D eigenvalue weighted by atomic mass is 10.2. The first-order valence-corrected chi connectivity index (χ1v) is 10.0. The number of hydrogen-bond donors (Lipinski definition) is 1. The summed E-state index contributed by atoms with van der Waals surface area (Å²) < 4.78 is 15.9. The summed E-state index contributed by atoms with van der Waals surface area (Å²) in [6, 6.07) is 12.2. The Hall–Kier alpha value is -3.00. The SMILES string of the molecule is CC(=O)CSc1ccccc1C(=O)O[C@H](C)C(=O)NCc1ccc2c(c1)OCO2. The monoisotopic (exact) mass is 415 g/mol. The largest absolute Gasteiger partial charge is 0.454 e. The molecule has 0 radical (unpaired) electrons. The number of amides is 1. The third-order valence-corrected chi connectivity index (χ3v) is 5.31. The fraction of sp³-hybridized carbons (Fsp3) is 0.286. The highest BCUT2D eigenvalue weighted by atomic mass is 32.2. The molecule has 2 aromatic carbocycles. The molecular formula is C21H21NO6S. The Morgan fingerprint density at radius 3 is 2.69 bits per heavy atom. The van der Waals surface area contributed by atoms with Crippen molar-refractivity contribution in [3.8, 4) is 11.5 Å². The standard InChI is InChI=1S/C21H21NO6S/c1-13(23)11-29-19-6-4-3-5-16(19)21(25)28-14(2)20(24)22-10-15-7-8-17-18(9-15)27-12-26-17/h3-9,14H,10-12H2,1-2H3,(H,22,24)/t14-/m1/s1. The Balaban J connectivity index is 1.55. The number of carbonyl (C=O) groups excluding carboxylic acids is 3. The number of Topliss-reactive ketones (excluding diaryl/α,β-unsaturated/α-hetero) is 1. The van der Waals surface area contributed by atoms with Crippen molar-refractivity contribution in [2.75, 3.05) is 12.5 Å². The summed E-state index contributed by atoms with van der Waals surface area (Å²) in [5.74, 6) is 0.553. The first kappa shape index (κ1) is 20.7. The number of fused-ring (bicyclic) bond motifs is 1. The topological polar surface area (TPSA) is 90.9 Å². The Morgan fingerprint density at radius 2 is 1.90 bits per heavy atom. The van der Waals surface area contributed by atoms with Crippen molar-refractivity contribution < 1.29 is 28.6 Å². The van der Waals surface area contributed by atoms with E-state index in [1.165, 1.54) is 25.6 Å². The van der Waals surface area contributed by atoms with Crippen LogP contribution >= 0.6 is 11.8 Å². The zero-order chi connectivity index (χ0) is 20.8. The van der Waals surface area contributed by atoms with Gasteiger partial charge in [0.1, 0.15) is 5.78 Å². The van der Waals surface area contributed by atoms with Gasteiger partial charge in [-0.2, -0.15) is 0 Å². The molecule has 0 spiro atoms. The van der Waals surface area contributed by atoms with Crippen LogP contribution in [0.3, 0.4) is 0 Å². The summed E-state index contributed by atoms with van der Waals surface area (Å²) >= 11 is 1.26. The molecule has 152 valence electrons. The third kappa shape index (κ3) is 5.51. The molecule has 2 aromatic rings. The normalized spacial score (nSPS) is 12.9. The number of ether oxygens (including phenoxy) is 3. The highest BCUT2D eigenvalue weighted by molar-refractivity contribution is 8.00. The van der Waals surface area contributed by atoms with E-state index in [0.29, 0.717) is 22.0 Å². The minimum Gasteiger partial charge on any atom is -0.454 e. The van der Waals surface area contributed by atoms with E-state index in [-0.39, 0.29) is 24.9 Å². The van der Waals surface area contributed by atoms with Gasteiger partial charge < -0.3 is 19.5 Å². The van der Waals surface area contributed by atoms with Gasteiger partial charge in [0.2, 0.25) is 6.79 Å². The molecule has 0 fully saturated rings. The number of nitrogens with one attached hydrogen (secondary N) is 1. The molecule has 0 saturated heterocycles. The molecule has 3 rings (SSSR count). The maximum atomic E-state index is 12.5. The molecule has 1 heterocycles. The van der Waals surface area contributed by atoms with Crippen molar-refractivity contribution in [2.24, 2.45) is 0 Å². The number of thioether (sulfide) groups is 1. The summed E-state index contributed by atoms with van der Waals surface area (Å²) in [5, 5.41) is 2.74. The van der Waals surface area contributed by atoms with Gasteiger partial charge >= 0.3 is 5.97 Å². The summed E-state index contributed by atoms with van der Waals surface area (Å²) in [6.45, 7) is 3.45. The van der Waals surface area contributed by atoms with E-state index in [1.54, 1.807) is 36.4 Å². The van der Waals surface area contributed by atoms with E-state index in [0.717, 1.165) is 5.56 Å². The first-order chi connectivity index (χ1) is 13.9. The molecule has 0 unspecified atom stereocenters. The van der Waals surface area contributed by atoms with Crippen molar-refractivity contribution >= 4 is 29.4 Å². The number of rotatable bonds is 8. The number of benzene rings is 2. The quantitative estimate of drug-likeness (QED) is 0.524. The molecule has 1 atom stereocenters. The van der Waals surface area contributed by atoms with Crippen molar-refractivity contribution in [3.63, 3.8) is 0 Å². The lowest BCUT2D eigenvalue weighted by molar-refractivity contribution is -0.129.